The van der Waals surface area contributed by atoms with E-state index >= 15 is 0 Å². The Labute approximate surface area is 54.1 Å². The average Bonchev–Trinajstić information content (AvgIpc) is 1.88. The zero-order chi connectivity index (χ0) is 6.69. The second kappa shape index (κ2) is 2.94. The van der Waals surface area contributed by atoms with Crippen LogP contribution in [-0.4, -0.2) is 30.1 Å². The normalized spacial score (nSPS) is 36.1. The van der Waals surface area contributed by atoms with Crippen LogP contribution in [0.25, 0.3) is 0 Å². The summed E-state index contributed by atoms with van der Waals surface area (Å²) in [6.45, 7) is 0.755. The van der Waals surface area contributed by atoms with Crippen LogP contribution in [0.5, 0.6) is 0 Å². The lowest BCUT2D eigenvalue weighted by atomic mass is 10.0. The molecule has 0 amide bonds. The molecule has 0 bridgehead atoms. The molecule has 0 aliphatic carbocycles. The van der Waals surface area contributed by atoms with Crippen molar-refractivity contribution in [2.75, 3.05) is 6.54 Å². The first-order chi connectivity index (χ1) is 4.33. The average molecular weight is 129 g/mol. The van der Waals surface area contributed by atoms with Gasteiger partial charge in [0, 0.05) is 0 Å². The van der Waals surface area contributed by atoms with E-state index < -0.39 is 0 Å². The first-order valence-electron chi connectivity index (χ1n) is 3.19. The van der Waals surface area contributed by atoms with Crippen LogP contribution in [0.4, 0.5) is 0 Å². The number of piperidine rings is 1. The van der Waals surface area contributed by atoms with Crippen LogP contribution in [0.3, 0.4) is 0 Å². The van der Waals surface area contributed by atoms with Crippen LogP contribution in [0, 0.1) is 0 Å². The summed E-state index contributed by atoms with van der Waals surface area (Å²) in [6, 6.07) is -0.117. The highest BCUT2D eigenvalue weighted by molar-refractivity contribution is 5.57. The van der Waals surface area contributed by atoms with E-state index in [9.17, 15) is 4.79 Å². The molecule has 0 saturated carbocycles. The lowest BCUT2D eigenvalue weighted by molar-refractivity contribution is -0.110. The summed E-state index contributed by atoms with van der Waals surface area (Å²) in [4.78, 5) is 10.1. The Hall–Kier alpha value is -0.410. The maximum Gasteiger partial charge on any atom is 0.136 e. The van der Waals surface area contributed by atoms with Gasteiger partial charge < -0.3 is 15.2 Å². The molecule has 2 unspecified atom stereocenters. The van der Waals surface area contributed by atoms with Crippen LogP contribution >= 0.6 is 0 Å². The standard InChI is InChI=1S/C6H11NO2/c8-4-5-3-6(9)1-2-7-5/h4-7,9H,1-3H2. The molecule has 1 aliphatic rings. The SMILES string of the molecule is O=CC1CC(O)CCN1. The Morgan fingerprint density at radius 3 is 2.89 bits per heavy atom. The summed E-state index contributed by atoms with van der Waals surface area (Å²) in [5.41, 5.74) is 0. The number of hydrogen-bond donors (Lipinski definition) is 2. The van der Waals surface area contributed by atoms with Crippen LogP contribution in [0.1, 0.15) is 12.8 Å². The lowest BCUT2D eigenvalue weighted by Crippen LogP contribution is -2.41. The molecule has 1 heterocycles. The second-order valence-electron chi connectivity index (χ2n) is 2.37. The third-order valence-corrected chi connectivity index (χ3v) is 1.57. The third-order valence-electron chi connectivity index (χ3n) is 1.57. The molecule has 0 aromatic rings. The zero-order valence-corrected chi connectivity index (χ0v) is 5.21. The van der Waals surface area contributed by atoms with Gasteiger partial charge in [-0.15, -0.1) is 0 Å². The molecule has 3 heteroatoms. The number of nitrogens with one attached hydrogen (secondary N) is 1. The molecule has 0 spiro atoms. The van der Waals surface area contributed by atoms with E-state index in [0.717, 1.165) is 19.3 Å². The van der Waals surface area contributed by atoms with E-state index in [1.54, 1.807) is 0 Å². The molecule has 3 nitrogen and oxygen atoms in total. The Balaban J connectivity index is 2.31. The molecule has 1 aliphatic heterocycles. The summed E-state index contributed by atoms with van der Waals surface area (Å²) >= 11 is 0. The minimum atomic E-state index is -0.276. The zero-order valence-electron chi connectivity index (χ0n) is 5.21. The van der Waals surface area contributed by atoms with Crippen LogP contribution in [-0.2, 0) is 4.79 Å². The van der Waals surface area contributed by atoms with Crippen molar-refractivity contribution in [3.8, 4) is 0 Å². The molecule has 2 N–H and O–H groups in total. The van der Waals surface area contributed by atoms with Crippen molar-refractivity contribution in [3.63, 3.8) is 0 Å². The van der Waals surface area contributed by atoms with E-state index in [0.29, 0.717) is 6.42 Å². The van der Waals surface area contributed by atoms with Gasteiger partial charge in [-0.05, 0) is 19.4 Å². The molecule has 1 saturated heterocycles. The quantitative estimate of drug-likeness (QED) is 0.460. The first-order valence-corrected chi connectivity index (χ1v) is 3.19. The summed E-state index contributed by atoms with van der Waals surface area (Å²) in [5, 5.41) is 12.0. The Kier molecular flexibility index (Phi) is 2.19. The van der Waals surface area contributed by atoms with E-state index in [1.165, 1.54) is 0 Å². The number of carbonyl (C=O) groups excluding carboxylic acids is 1. The Morgan fingerprint density at radius 1 is 1.67 bits per heavy atom. The fraction of sp³-hybridized carbons (Fsp3) is 0.833. The number of aliphatic hydroxyl groups is 1. The van der Waals surface area contributed by atoms with Gasteiger partial charge in [0.05, 0.1) is 12.1 Å². The maximum absolute atomic E-state index is 10.1. The highest BCUT2D eigenvalue weighted by atomic mass is 16.3. The van der Waals surface area contributed by atoms with E-state index in [-0.39, 0.29) is 12.1 Å². The largest absolute Gasteiger partial charge is 0.393 e. The minimum absolute atomic E-state index is 0.117. The molecule has 0 radical (unpaired) electrons. The third kappa shape index (κ3) is 1.77. The number of aldehydes is 1. The maximum atomic E-state index is 10.1. The number of aliphatic hydroxyl groups excluding tert-OH is 1. The summed E-state index contributed by atoms with van der Waals surface area (Å²) in [5.74, 6) is 0. The van der Waals surface area contributed by atoms with Crippen LogP contribution < -0.4 is 5.32 Å². The van der Waals surface area contributed by atoms with E-state index in [1.807, 2.05) is 0 Å². The smallest absolute Gasteiger partial charge is 0.136 e. The van der Waals surface area contributed by atoms with Gasteiger partial charge in [0.15, 0.2) is 0 Å². The van der Waals surface area contributed by atoms with Crippen molar-refractivity contribution < 1.29 is 9.90 Å². The number of rotatable bonds is 1. The summed E-state index contributed by atoms with van der Waals surface area (Å²) in [6.07, 6.45) is 1.91. The Morgan fingerprint density at radius 2 is 2.44 bits per heavy atom. The van der Waals surface area contributed by atoms with Gasteiger partial charge in [0.1, 0.15) is 6.29 Å². The summed E-state index contributed by atoms with van der Waals surface area (Å²) < 4.78 is 0. The monoisotopic (exact) mass is 129 g/mol. The minimum Gasteiger partial charge on any atom is -0.393 e. The second-order valence-corrected chi connectivity index (χ2v) is 2.37. The van der Waals surface area contributed by atoms with Crippen molar-refractivity contribution in [3.05, 3.63) is 0 Å². The lowest BCUT2D eigenvalue weighted by Gasteiger charge is -2.22. The van der Waals surface area contributed by atoms with Crippen LogP contribution in [0.2, 0.25) is 0 Å². The predicted molar refractivity (Wildman–Crippen MR) is 33.1 cm³/mol. The molecule has 1 fully saturated rings. The fourth-order valence-electron chi connectivity index (χ4n) is 1.03. The van der Waals surface area contributed by atoms with Crippen molar-refractivity contribution in [1.82, 2.24) is 5.32 Å². The molecule has 1 rings (SSSR count). The molecule has 0 aromatic heterocycles. The predicted octanol–water partition coefficient (Wildman–Crippen LogP) is -0.702. The van der Waals surface area contributed by atoms with Gasteiger partial charge >= 0.3 is 0 Å². The number of carbonyl (C=O) groups is 1. The molecular formula is C6H11NO2. The van der Waals surface area contributed by atoms with Crippen LogP contribution in [0.15, 0.2) is 0 Å². The van der Waals surface area contributed by atoms with Gasteiger partial charge in [-0.2, -0.15) is 0 Å². The molecular weight excluding hydrogens is 118 g/mol. The first kappa shape index (κ1) is 6.71. The van der Waals surface area contributed by atoms with E-state index in [4.69, 9.17) is 5.11 Å². The van der Waals surface area contributed by atoms with Gasteiger partial charge in [0.25, 0.3) is 0 Å². The van der Waals surface area contributed by atoms with Crippen molar-refractivity contribution in [1.29, 1.82) is 0 Å². The highest BCUT2D eigenvalue weighted by Gasteiger charge is 2.17. The molecule has 52 valence electrons. The van der Waals surface area contributed by atoms with Crippen molar-refractivity contribution in [2.24, 2.45) is 0 Å². The van der Waals surface area contributed by atoms with Gasteiger partial charge in [0.2, 0.25) is 0 Å². The van der Waals surface area contributed by atoms with Crippen molar-refractivity contribution >= 4 is 6.29 Å². The van der Waals surface area contributed by atoms with Gasteiger partial charge in [-0.25, -0.2) is 0 Å². The topological polar surface area (TPSA) is 49.3 Å². The molecule has 0 aromatic carbocycles. The number of hydrogen-bond acceptors (Lipinski definition) is 3. The van der Waals surface area contributed by atoms with Crippen molar-refractivity contribution in [2.45, 2.75) is 25.0 Å². The Bertz CT molecular complexity index is 105. The van der Waals surface area contributed by atoms with E-state index in [2.05, 4.69) is 5.32 Å². The highest BCUT2D eigenvalue weighted by Crippen LogP contribution is 2.05. The van der Waals surface area contributed by atoms with Gasteiger partial charge in [-0.3, -0.25) is 0 Å². The van der Waals surface area contributed by atoms with Gasteiger partial charge in [-0.1, -0.05) is 0 Å². The molecule has 9 heavy (non-hydrogen) atoms. The summed E-state index contributed by atoms with van der Waals surface area (Å²) in [7, 11) is 0. The fourth-order valence-corrected chi connectivity index (χ4v) is 1.03. The molecule has 2 atom stereocenters.